The Morgan fingerprint density at radius 2 is 2.05 bits per heavy atom. The fraction of sp³-hybridized carbons (Fsp3) is 0.533. The number of carbonyl (C=O) groups excluding carboxylic acids is 1. The molecule has 4 nitrogen and oxygen atoms in total. The van der Waals surface area contributed by atoms with Gasteiger partial charge in [-0.2, -0.15) is 0 Å². The summed E-state index contributed by atoms with van der Waals surface area (Å²) in [6.07, 6.45) is 1.61. The number of carbonyl (C=O) groups is 1. The first-order valence-corrected chi connectivity index (χ1v) is 6.80. The van der Waals surface area contributed by atoms with E-state index >= 15 is 0 Å². The summed E-state index contributed by atoms with van der Waals surface area (Å²) in [5.74, 6) is 0.601. The van der Waals surface area contributed by atoms with Crippen LogP contribution in [0.25, 0.3) is 0 Å². The van der Waals surface area contributed by atoms with Crippen LogP contribution in [-0.2, 0) is 4.79 Å². The highest BCUT2D eigenvalue weighted by Crippen LogP contribution is 2.12. The van der Waals surface area contributed by atoms with Gasteiger partial charge in [-0.25, -0.2) is 0 Å². The molecule has 106 valence electrons. The van der Waals surface area contributed by atoms with E-state index in [1.54, 1.807) is 0 Å². The lowest BCUT2D eigenvalue weighted by molar-refractivity contribution is -0.128. The number of aliphatic hydroxyl groups is 1. The van der Waals surface area contributed by atoms with Crippen molar-refractivity contribution in [2.24, 2.45) is 0 Å². The van der Waals surface area contributed by atoms with Crippen molar-refractivity contribution in [1.82, 2.24) is 5.32 Å². The quantitative estimate of drug-likeness (QED) is 0.757. The minimum absolute atomic E-state index is 0.0491. The normalized spacial score (nSPS) is 13.6. The molecular formula is C15H23NO3. The fourth-order valence-corrected chi connectivity index (χ4v) is 1.79. The Bertz CT molecular complexity index is 367. The third-order valence-corrected chi connectivity index (χ3v) is 2.87. The van der Waals surface area contributed by atoms with Gasteiger partial charge in [0.05, 0.1) is 0 Å². The molecule has 0 saturated heterocycles. The van der Waals surface area contributed by atoms with E-state index < -0.39 is 6.10 Å². The molecule has 1 rings (SSSR count). The Morgan fingerprint density at radius 3 is 2.63 bits per heavy atom. The van der Waals surface area contributed by atoms with Crippen molar-refractivity contribution in [1.29, 1.82) is 0 Å². The summed E-state index contributed by atoms with van der Waals surface area (Å²) in [7, 11) is 0. The van der Waals surface area contributed by atoms with Crippen LogP contribution >= 0.6 is 0 Å². The highest BCUT2D eigenvalue weighted by atomic mass is 16.5. The van der Waals surface area contributed by atoms with Crippen molar-refractivity contribution in [3.05, 3.63) is 30.3 Å². The van der Waals surface area contributed by atoms with Gasteiger partial charge >= 0.3 is 0 Å². The smallest absolute Gasteiger partial charge is 0.261 e. The van der Waals surface area contributed by atoms with Crippen LogP contribution < -0.4 is 10.1 Å². The number of benzene rings is 1. The van der Waals surface area contributed by atoms with E-state index in [-0.39, 0.29) is 18.6 Å². The van der Waals surface area contributed by atoms with E-state index in [0.29, 0.717) is 18.6 Å². The zero-order valence-electron chi connectivity index (χ0n) is 11.6. The van der Waals surface area contributed by atoms with E-state index in [2.05, 4.69) is 5.32 Å². The van der Waals surface area contributed by atoms with Crippen molar-refractivity contribution in [2.75, 3.05) is 6.61 Å². The number of amides is 1. The first kappa shape index (κ1) is 15.5. The van der Waals surface area contributed by atoms with Crippen LogP contribution in [0.4, 0.5) is 0 Å². The summed E-state index contributed by atoms with van der Waals surface area (Å²) in [5.41, 5.74) is 0. The van der Waals surface area contributed by atoms with Gasteiger partial charge in [0.25, 0.3) is 5.91 Å². The van der Waals surface area contributed by atoms with E-state index in [4.69, 9.17) is 9.84 Å². The molecule has 2 unspecified atom stereocenters. The monoisotopic (exact) mass is 265 g/mol. The van der Waals surface area contributed by atoms with Gasteiger partial charge in [0, 0.05) is 12.6 Å². The second-order valence-electron chi connectivity index (χ2n) is 4.60. The maximum absolute atomic E-state index is 12.1. The van der Waals surface area contributed by atoms with Crippen LogP contribution in [0, 0.1) is 0 Å². The molecule has 0 aliphatic carbocycles. The number of hydrogen-bond donors (Lipinski definition) is 2. The number of para-hydroxylation sites is 1. The van der Waals surface area contributed by atoms with Crippen LogP contribution in [-0.4, -0.2) is 29.8 Å². The Hall–Kier alpha value is -1.55. The molecule has 0 bridgehead atoms. The zero-order valence-corrected chi connectivity index (χ0v) is 11.6. The van der Waals surface area contributed by atoms with Crippen LogP contribution in [0.2, 0.25) is 0 Å². The van der Waals surface area contributed by atoms with Gasteiger partial charge in [-0.05, 0) is 38.3 Å². The Balaban J connectivity index is 2.48. The van der Waals surface area contributed by atoms with Gasteiger partial charge in [0.1, 0.15) is 5.75 Å². The molecule has 4 heteroatoms. The predicted molar refractivity (Wildman–Crippen MR) is 75.1 cm³/mol. The molecule has 0 saturated carbocycles. The first-order valence-electron chi connectivity index (χ1n) is 6.80. The van der Waals surface area contributed by atoms with Gasteiger partial charge in [0.2, 0.25) is 0 Å². The molecular weight excluding hydrogens is 242 g/mol. The summed E-state index contributed by atoms with van der Waals surface area (Å²) < 4.78 is 5.67. The number of ether oxygens (including phenoxy) is 1. The largest absolute Gasteiger partial charge is 0.481 e. The molecule has 1 aromatic rings. The number of hydrogen-bond acceptors (Lipinski definition) is 3. The van der Waals surface area contributed by atoms with Gasteiger partial charge in [-0.15, -0.1) is 0 Å². The lowest BCUT2D eigenvalue weighted by Gasteiger charge is -2.20. The van der Waals surface area contributed by atoms with Crippen LogP contribution in [0.3, 0.4) is 0 Å². The highest BCUT2D eigenvalue weighted by Gasteiger charge is 2.19. The molecule has 0 radical (unpaired) electrons. The lowest BCUT2D eigenvalue weighted by atomic mass is 10.1. The summed E-state index contributed by atoms with van der Waals surface area (Å²) >= 11 is 0. The van der Waals surface area contributed by atoms with E-state index in [1.807, 2.05) is 44.2 Å². The Morgan fingerprint density at radius 1 is 1.37 bits per heavy atom. The van der Waals surface area contributed by atoms with Crippen molar-refractivity contribution in [3.63, 3.8) is 0 Å². The number of aliphatic hydroxyl groups excluding tert-OH is 1. The highest BCUT2D eigenvalue weighted by molar-refractivity contribution is 5.81. The van der Waals surface area contributed by atoms with Crippen molar-refractivity contribution in [3.8, 4) is 5.75 Å². The maximum atomic E-state index is 12.1. The minimum atomic E-state index is -0.473. The summed E-state index contributed by atoms with van der Waals surface area (Å²) in [6, 6.07) is 9.39. The number of rotatable bonds is 8. The summed E-state index contributed by atoms with van der Waals surface area (Å²) in [5, 5.41) is 11.7. The third kappa shape index (κ3) is 5.75. The fourth-order valence-electron chi connectivity index (χ4n) is 1.79. The average Bonchev–Trinajstić information content (AvgIpc) is 2.43. The molecule has 2 N–H and O–H groups in total. The Kier molecular flexibility index (Phi) is 6.97. The SMILES string of the molecule is CCC(Oc1ccccc1)C(=O)NC(C)CCCO. The van der Waals surface area contributed by atoms with Crippen molar-refractivity contribution < 1.29 is 14.6 Å². The second kappa shape index (κ2) is 8.53. The van der Waals surface area contributed by atoms with Crippen LogP contribution in [0.1, 0.15) is 33.1 Å². The first-order chi connectivity index (χ1) is 9.17. The molecule has 0 heterocycles. The van der Waals surface area contributed by atoms with Crippen molar-refractivity contribution in [2.45, 2.75) is 45.3 Å². The molecule has 1 aromatic carbocycles. The molecule has 19 heavy (non-hydrogen) atoms. The van der Waals surface area contributed by atoms with E-state index in [9.17, 15) is 4.79 Å². The molecule has 0 fully saturated rings. The van der Waals surface area contributed by atoms with Gasteiger partial charge in [-0.3, -0.25) is 4.79 Å². The predicted octanol–water partition coefficient (Wildman–Crippen LogP) is 2.12. The van der Waals surface area contributed by atoms with Gasteiger partial charge < -0.3 is 15.2 Å². The zero-order chi connectivity index (χ0) is 14.1. The van der Waals surface area contributed by atoms with Gasteiger partial charge in [-0.1, -0.05) is 25.1 Å². The molecule has 0 aliphatic rings. The lowest BCUT2D eigenvalue weighted by Crippen LogP contribution is -2.42. The second-order valence-corrected chi connectivity index (χ2v) is 4.60. The molecule has 0 aromatic heterocycles. The van der Waals surface area contributed by atoms with E-state index in [0.717, 1.165) is 6.42 Å². The van der Waals surface area contributed by atoms with Crippen LogP contribution in [0.15, 0.2) is 30.3 Å². The topological polar surface area (TPSA) is 58.6 Å². The molecule has 1 amide bonds. The number of nitrogens with one attached hydrogen (secondary N) is 1. The summed E-state index contributed by atoms with van der Waals surface area (Å²) in [4.78, 5) is 12.1. The molecule has 0 spiro atoms. The third-order valence-electron chi connectivity index (χ3n) is 2.87. The van der Waals surface area contributed by atoms with Gasteiger partial charge in [0.15, 0.2) is 6.10 Å². The van der Waals surface area contributed by atoms with Crippen LogP contribution in [0.5, 0.6) is 5.75 Å². The van der Waals surface area contributed by atoms with Crippen molar-refractivity contribution >= 4 is 5.91 Å². The van der Waals surface area contributed by atoms with E-state index in [1.165, 1.54) is 0 Å². The Labute approximate surface area is 114 Å². The minimum Gasteiger partial charge on any atom is -0.481 e. The standard InChI is InChI=1S/C15H23NO3/c1-3-14(19-13-9-5-4-6-10-13)15(18)16-12(2)8-7-11-17/h4-6,9-10,12,14,17H,3,7-8,11H2,1-2H3,(H,16,18). The summed E-state index contributed by atoms with van der Waals surface area (Å²) in [6.45, 7) is 4.01. The molecule has 0 aliphatic heterocycles. The average molecular weight is 265 g/mol. The molecule has 2 atom stereocenters. The maximum Gasteiger partial charge on any atom is 0.261 e.